The predicted molar refractivity (Wildman–Crippen MR) is 61.1 cm³/mol. The monoisotopic (exact) mass is 274 g/mol. The van der Waals surface area contributed by atoms with Crippen LogP contribution < -0.4 is 0 Å². The fourth-order valence-electron chi connectivity index (χ4n) is 2.00. The van der Waals surface area contributed by atoms with E-state index in [1.807, 2.05) is 0 Å². The molecule has 2 atom stereocenters. The van der Waals surface area contributed by atoms with Crippen LogP contribution >= 0.6 is 0 Å². The van der Waals surface area contributed by atoms with Gasteiger partial charge in [-0.25, -0.2) is 8.42 Å². The molecule has 1 aromatic heterocycles. The zero-order valence-corrected chi connectivity index (χ0v) is 10.6. The van der Waals surface area contributed by atoms with Gasteiger partial charge in [0, 0.05) is 25.4 Å². The molecule has 0 aromatic carbocycles. The average molecular weight is 274 g/mol. The molecule has 100 valence electrons. The summed E-state index contributed by atoms with van der Waals surface area (Å²) in [4.78, 5) is 14.2. The van der Waals surface area contributed by atoms with Crippen molar-refractivity contribution in [2.45, 2.75) is 23.5 Å². The minimum Gasteiger partial charge on any atom is -0.468 e. The fourth-order valence-corrected chi connectivity index (χ4v) is 3.61. The minimum absolute atomic E-state index is 0.0519. The molecule has 0 amide bonds. The Hall–Kier alpha value is -1.38. The van der Waals surface area contributed by atoms with Crippen molar-refractivity contribution in [3.63, 3.8) is 0 Å². The zero-order chi connectivity index (χ0) is 13.3. The molecule has 0 aliphatic carbocycles. The van der Waals surface area contributed by atoms with Gasteiger partial charge in [0.15, 0.2) is 0 Å². The van der Waals surface area contributed by atoms with Gasteiger partial charge in [-0.2, -0.15) is 4.31 Å². The second-order valence-electron chi connectivity index (χ2n) is 4.05. The van der Waals surface area contributed by atoms with Gasteiger partial charge < -0.3 is 14.8 Å². The quantitative estimate of drug-likeness (QED) is 0.711. The molecule has 8 heteroatoms. The first-order valence-corrected chi connectivity index (χ1v) is 6.81. The van der Waals surface area contributed by atoms with Gasteiger partial charge in [-0.15, -0.1) is 0 Å². The van der Waals surface area contributed by atoms with Gasteiger partial charge in [-0.05, 0) is 6.07 Å². The van der Waals surface area contributed by atoms with Crippen LogP contribution in [-0.2, 0) is 19.6 Å². The molecule has 2 N–H and O–H groups in total. The topological polar surface area (TPSA) is 99.7 Å². The predicted octanol–water partition coefficient (Wildman–Crippen LogP) is -0.688. The Balaban J connectivity index is 2.34. The number of β-amino-alcohol motifs (C(OH)–C–C–N with tert-alkyl or cyclic N) is 1. The van der Waals surface area contributed by atoms with E-state index in [1.54, 1.807) is 0 Å². The highest BCUT2D eigenvalue weighted by molar-refractivity contribution is 7.89. The SMILES string of the molecule is COC(=O)C1CC(O)CN1S(=O)(=O)c1cc[nH]c1. The van der Waals surface area contributed by atoms with Crippen molar-refractivity contribution in [2.24, 2.45) is 0 Å². The molecule has 1 aliphatic rings. The number of sulfonamides is 1. The van der Waals surface area contributed by atoms with Crippen LogP contribution in [-0.4, -0.2) is 54.6 Å². The van der Waals surface area contributed by atoms with E-state index in [0.29, 0.717) is 0 Å². The van der Waals surface area contributed by atoms with Crippen LogP contribution in [0.15, 0.2) is 23.4 Å². The number of aromatic amines is 1. The molecule has 7 nitrogen and oxygen atoms in total. The summed E-state index contributed by atoms with van der Waals surface area (Å²) >= 11 is 0. The number of aliphatic hydroxyl groups is 1. The van der Waals surface area contributed by atoms with Crippen molar-refractivity contribution in [1.29, 1.82) is 0 Å². The fraction of sp³-hybridized carbons (Fsp3) is 0.500. The smallest absolute Gasteiger partial charge is 0.324 e. The van der Waals surface area contributed by atoms with E-state index >= 15 is 0 Å². The number of ether oxygens (including phenoxy) is 1. The third kappa shape index (κ3) is 2.14. The van der Waals surface area contributed by atoms with Gasteiger partial charge >= 0.3 is 5.97 Å². The Morgan fingerprint density at radius 1 is 1.61 bits per heavy atom. The lowest BCUT2D eigenvalue weighted by atomic mass is 10.2. The summed E-state index contributed by atoms with van der Waals surface area (Å²) in [6.07, 6.45) is 2.00. The van der Waals surface area contributed by atoms with Crippen LogP contribution in [0, 0.1) is 0 Å². The van der Waals surface area contributed by atoms with Gasteiger partial charge in [0.25, 0.3) is 0 Å². The maximum absolute atomic E-state index is 12.3. The molecule has 0 saturated carbocycles. The van der Waals surface area contributed by atoms with Crippen molar-refractivity contribution in [2.75, 3.05) is 13.7 Å². The highest BCUT2D eigenvalue weighted by Crippen LogP contribution is 2.26. The number of hydrogen-bond donors (Lipinski definition) is 2. The molecular weight excluding hydrogens is 260 g/mol. The third-order valence-electron chi connectivity index (χ3n) is 2.88. The molecular formula is C10H14N2O5S. The number of methoxy groups -OCH3 is 1. The lowest BCUT2D eigenvalue weighted by Gasteiger charge is -2.20. The Morgan fingerprint density at radius 3 is 2.89 bits per heavy atom. The van der Waals surface area contributed by atoms with Crippen LogP contribution in [0.25, 0.3) is 0 Å². The van der Waals surface area contributed by atoms with Gasteiger partial charge in [-0.3, -0.25) is 4.79 Å². The van der Waals surface area contributed by atoms with Gasteiger partial charge in [0.2, 0.25) is 10.0 Å². The normalized spacial score (nSPS) is 25.2. The Labute approximate surface area is 104 Å². The lowest BCUT2D eigenvalue weighted by molar-refractivity contribution is -0.144. The number of nitrogens with zero attached hydrogens (tertiary/aromatic N) is 1. The molecule has 2 unspecified atom stereocenters. The first-order chi connectivity index (χ1) is 8.46. The summed E-state index contributed by atoms with van der Waals surface area (Å²) in [5.74, 6) is -0.661. The molecule has 2 heterocycles. The molecule has 1 fully saturated rings. The Bertz CT molecular complexity index is 524. The molecule has 1 aliphatic heterocycles. The van der Waals surface area contributed by atoms with Crippen LogP contribution in [0.1, 0.15) is 6.42 Å². The van der Waals surface area contributed by atoms with E-state index in [4.69, 9.17) is 0 Å². The standard InChI is InChI=1S/C10H14N2O5S/c1-17-10(14)9-4-7(13)6-12(9)18(15,16)8-2-3-11-5-8/h2-3,5,7,9,11,13H,4,6H2,1H3. The maximum Gasteiger partial charge on any atom is 0.324 e. The number of carbonyl (C=O) groups excluding carboxylic acids is 1. The van der Waals surface area contributed by atoms with Gasteiger partial charge in [0.1, 0.15) is 6.04 Å². The summed E-state index contributed by atoms with van der Waals surface area (Å²) in [5.41, 5.74) is 0. The Kier molecular flexibility index (Phi) is 3.42. The Morgan fingerprint density at radius 2 is 2.33 bits per heavy atom. The molecule has 1 aromatic rings. The summed E-state index contributed by atoms with van der Waals surface area (Å²) in [7, 11) is -2.60. The molecule has 0 radical (unpaired) electrons. The number of esters is 1. The van der Waals surface area contributed by atoms with E-state index < -0.39 is 28.1 Å². The van der Waals surface area contributed by atoms with Gasteiger partial charge in [0.05, 0.1) is 18.1 Å². The van der Waals surface area contributed by atoms with Crippen molar-refractivity contribution >= 4 is 16.0 Å². The summed E-state index contributed by atoms with van der Waals surface area (Å²) in [6.45, 7) is -0.104. The highest BCUT2D eigenvalue weighted by atomic mass is 32.2. The number of carbonyl (C=O) groups is 1. The van der Waals surface area contributed by atoms with E-state index in [-0.39, 0.29) is 17.9 Å². The summed E-state index contributed by atoms with van der Waals surface area (Å²) in [6, 6.07) is 0.430. The average Bonchev–Trinajstić information content (AvgIpc) is 2.96. The van der Waals surface area contributed by atoms with E-state index in [1.165, 1.54) is 25.6 Å². The van der Waals surface area contributed by atoms with E-state index in [0.717, 1.165) is 4.31 Å². The van der Waals surface area contributed by atoms with Crippen LogP contribution in [0.4, 0.5) is 0 Å². The lowest BCUT2D eigenvalue weighted by Crippen LogP contribution is -2.41. The van der Waals surface area contributed by atoms with Crippen molar-refractivity contribution in [3.8, 4) is 0 Å². The number of rotatable bonds is 3. The molecule has 0 spiro atoms. The first-order valence-electron chi connectivity index (χ1n) is 5.37. The molecule has 2 rings (SSSR count). The van der Waals surface area contributed by atoms with Gasteiger partial charge in [-0.1, -0.05) is 0 Å². The molecule has 0 bridgehead atoms. The van der Waals surface area contributed by atoms with E-state index in [2.05, 4.69) is 9.72 Å². The van der Waals surface area contributed by atoms with Crippen molar-refractivity contribution < 1.29 is 23.1 Å². The number of aliphatic hydroxyl groups excluding tert-OH is 1. The third-order valence-corrected chi connectivity index (χ3v) is 4.75. The second kappa shape index (κ2) is 4.71. The number of hydrogen-bond acceptors (Lipinski definition) is 5. The zero-order valence-electron chi connectivity index (χ0n) is 9.74. The first kappa shape index (κ1) is 13.1. The summed E-state index contributed by atoms with van der Waals surface area (Å²) < 4.78 is 30.1. The summed E-state index contributed by atoms with van der Waals surface area (Å²) in [5, 5.41) is 9.55. The van der Waals surface area contributed by atoms with E-state index in [9.17, 15) is 18.3 Å². The number of nitrogens with one attached hydrogen (secondary N) is 1. The van der Waals surface area contributed by atoms with Crippen molar-refractivity contribution in [3.05, 3.63) is 18.5 Å². The van der Waals surface area contributed by atoms with Crippen LogP contribution in [0.3, 0.4) is 0 Å². The maximum atomic E-state index is 12.3. The van der Waals surface area contributed by atoms with Crippen molar-refractivity contribution in [1.82, 2.24) is 9.29 Å². The number of aromatic nitrogens is 1. The highest BCUT2D eigenvalue weighted by Gasteiger charge is 2.44. The minimum atomic E-state index is -3.79. The molecule has 18 heavy (non-hydrogen) atoms. The molecule has 1 saturated heterocycles. The largest absolute Gasteiger partial charge is 0.468 e. The number of H-pyrrole nitrogens is 1. The second-order valence-corrected chi connectivity index (χ2v) is 5.94. The van der Waals surface area contributed by atoms with Crippen LogP contribution in [0.5, 0.6) is 0 Å². The van der Waals surface area contributed by atoms with Crippen LogP contribution in [0.2, 0.25) is 0 Å².